The Hall–Kier alpha value is -3.22. The number of anilines is 1. The highest BCUT2D eigenvalue weighted by Crippen LogP contribution is 2.22. The molecule has 0 unspecified atom stereocenters. The van der Waals surface area contributed by atoms with Crippen molar-refractivity contribution in [2.75, 3.05) is 31.1 Å². The van der Waals surface area contributed by atoms with Gasteiger partial charge in [-0.15, -0.1) is 0 Å². The number of hydrogen-bond donors (Lipinski definition) is 1. The number of nitrogens with zero attached hydrogens (tertiary/aromatic N) is 5. The van der Waals surface area contributed by atoms with Crippen molar-refractivity contribution in [3.8, 4) is 11.3 Å². The Morgan fingerprint density at radius 3 is 2.64 bits per heavy atom. The molecule has 1 fully saturated rings. The minimum atomic E-state index is -0.0154. The molecular formula is C18H18N6O. The van der Waals surface area contributed by atoms with Gasteiger partial charge in [-0.1, -0.05) is 6.07 Å². The predicted molar refractivity (Wildman–Crippen MR) is 94.2 cm³/mol. The summed E-state index contributed by atoms with van der Waals surface area (Å²) in [5.41, 5.74) is 2.44. The van der Waals surface area contributed by atoms with Gasteiger partial charge >= 0.3 is 0 Å². The summed E-state index contributed by atoms with van der Waals surface area (Å²) in [4.78, 5) is 24.7. The summed E-state index contributed by atoms with van der Waals surface area (Å²) >= 11 is 0. The van der Waals surface area contributed by atoms with Gasteiger partial charge in [-0.3, -0.25) is 19.9 Å². The molecule has 7 nitrogen and oxygen atoms in total. The third-order valence-corrected chi connectivity index (χ3v) is 4.31. The number of piperazine rings is 1. The monoisotopic (exact) mass is 334 g/mol. The molecule has 4 heterocycles. The number of aromatic nitrogens is 4. The van der Waals surface area contributed by atoms with E-state index in [1.807, 2.05) is 35.2 Å². The van der Waals surface area contributed by atoms with E-state index in [2.05, 4.69) is 25.1 Å². The first kappa shape index (κ1) is 15.3. The lowest BCUT2D eigenvalue weighted by Gasteiger charge is -2.34. The molecule has 1 N–H and O–H groups in total. The van der Waals surface area contributed by atoms with Crippen molar-refractivity contribution in [3.63, 3.8) is 0 Å². The fourth-order valence-electron chi connectivity index (χ4n) is 2.93. The van der Waals surface area contributed by atoms with Crippen LogP contribution in [0.4, 0.5) is 5.82 Å². The molecule has 1 saturated heterocycles. The molecule has 1 amide bonds. The van der Waals surface area contributed by atoms with Crippen LogP contribution in [0.3, 0.4) is 0 Å². The Kier molecular flexibility index (Phi) is 4.12. The lowest BCUT2D eigenvalue weighted by atomic mass is 10.2. The van der Waals surface area contributed by atoms with Gasteiger partial charge in [-0.05, 0) is 24.3 Å². The molecule has 25 heavy (non-hydrogen) atoms. The number of hydrogen-bond acceptors (Lipinski definition) is 5. The molecule has 0 radical (unpaired) electrons. The molecule has 0 bridgehead atoms. The molecule has 1 aliphatic heterocycles. The van der Waals surface area contributed by atoms with Gasteiger partial charge in [0.2, 0.25) is 0 Å². The zero-order chi connectivity index (χ0) is 17.1. The van der Waals surface area contributed by atoms with Crippen LogP contribution < -0.4 is 4.90 Å². The zero-order valence-corrected chi connectivity index (χ0v) is 13.7. The van der Waals surface area contributed by atoms with Crippen LogP contribution in [0.15, 0.2) is 55.0 Å². The Labute approximate surface area is 145 Å². The van der Waals surface area contributed by atoms with Gasteiger partial charge in [-0.25, -0.2) is 0 Å². The molecular weight excluding hydrogens is 316 g/mol. The van der Waals surface area contributed by atoms with E-state index in [9.17, 15) is 4.79 Å². The number of carbonyl (C=O) groups is 1. The lowest BCUT2D eigenvalue weighted by Crippen LogP contribution is -2.49. The molecule has 0 saturated carbocycles. The average Bonchev–Trinajstić information content (AvgIpc) is 3.19. The van der Waals surface area contributed by atoms with Gasteiger partial charge in [0.25, 0.3) is 5.91 Å². The first-order chi connectivity index (χ1) is 12.3. The standard InChI is InChI=1S/C18H18N6O/c25-18(15-5-1-2-7-20-15)24-10-8-23(9-11-24)17-12-16(21-22-17)14-4-3-6-19-13-14/h1-7,12-13H,8-11H2,(H,21,22). The van der Waals surface area contributed by atoms with Gasteiger partial charge in [0.05, 0.1) is 5.69 Å². The largest absolute Gasteiger partial charge is 0.352 e. The van der Waals surface area contributed by atoms with Crippen molar-refractivity contribution in [1.82, 2.24) is 25.1 Å². The van der Waals surface area contributed by atoms with E-state index >= 15 is 0 Å². The van der Waals surface area contributed by atoms with Crippen molar-refractivity contribution in [2.24, 2.45) is 0 Å². The fourth-order valence-corrected chi connectivity index (χ4v) is 2.93. The minimum Gasteiger partial charge on any atom is -0.352 e. The summed E-state index contributed by atoms with van der Waals surface area (Å²) in [7, 11) is 0. The van der Waals surface area contributed by atoms with Crippen LogP contribution in [-0.2, 0) is 0 Å². The number of rotatable bonds is 3. The first-order valence-corrected chi connectivity index (χ1v) is 8.22. The second-order valence-electron chi connectivity index (χ2n) is 5.88. The van der Waals surface area contributed by atoms with Crippen LogP contribution in [0.5, 0.6) is 0 Å². The Morgan fingerprint density at radius 2 is 1.92 bits per heavy atom. The minimum absolute atomic E-state index is 0.0154. The van der Waals surface area contributed by atoms with Crippen LogP contribution in [0.1, 0.15) is 10.5 Å². The van der Waals surface area contributed by atoms with Crippen LogP contribution in [-0.4, -0.2) is 57.2 Å². The average molecular weight is 334 g/mol. The Balaban J connectivity index is 1.41. The molecule has 0 spiro atoms. The first-order valence-electron chi connectivity index (χ1n) is 8.22. The van der Waals surface area contributed by atoms with E-state index in [4.69, 9.17) is 0 Å². The third-order valence-electron chi connectivity index (χ3n) is 4.31. The number of aromatic amines is 1. The van der Waals surface area contributed by atoms with E-state index < -0.39 is 0 Å². The molecule has 7 heteroatoms. The molecule has 3 aromatic rings. The SMILES string of the molecule is O=C(c1ccccn1)N1CCN(c2cc(-c3cccnc3)[nH]n2)CC1. The maximum absolute atomic E-state index is 12.4. The number of amides is 1. The van der Waals surface area contributed by atoms with Crippen molar-refractivity contribution in [1.29, 1.82) is 0 Å². The number of pyridine rings is 2. The molecule has 3 aromatic heterocycles. The molecule has 0 atom stereocenters. The van der Waals surface area contributed by atoms with Gasteiger partial charge in [0.15, 0.2) is 5.82 Å². The van der Waals surface area contributed by atoms with Crippen molar-refractivity contribution in [3.05, 3.63) is 60.7 Å². The van der Waals surface area contributed by atoms with E-state index in [1.54, 1.807) is 24.7 Å². The van der Waals surface area contributed by atoms with Gasteiger partial charge < -0.3 is 9.80 Å². The Bertz CT molecular complexity index is 840. The lowest BCUT2D eigenvalue weighted by molar-refractivity contribution is 0.0740. The van der Waals surface area contributed by atoms with Crippen LogP contribution in [0, 0.1) is 0 Å². The summed E-state index contributed by atoms with van der Waals surface area (Å²) in [6.45, 7) is 2.81. The predicted octanol–water partition coefficient (Wildman–Crippen LogP) is 1.83. The second kappa shape index (κ2) is 6.72. The van der Waals surface area contributed by atoms with E-state index in [0.717, 1.165) is 30.2 Å². The molecule has 1 aliphatic rings. The maximum atomic E-state index is 12.4. The van der Waals surface area contributed by atoms with Crippen molar-refractivity contribution >= 4 is 11.7 Å². The molecule has 4 rings (SSSR count). The summed E-state index contributed by atoms with van der Waals surface area (Å²) in [6, 6.07) is 11.3. The molecule has 0 aromatic carbocycles. The van der Waals surface area contributed by atoms with E-state index in [-0.39, 0.29) is 5.91 Å². The smallest absolute Gasteiger partial charge is 0.272 e. The summed E-state index contributed by atoms with van der Waals surface area (Å²) in [5.74, 6) is 0.877. The summed E-state index contributed by atoms with van der Waals surface area (Å²) in [6.07, 6.45) is 5.20. The number of H-pyrrole nitrogens is 1. The highest BCUT2D eigenvalue weighted by molar-refractivity contribution is 5.92. The maximum Gasteiger partial charge on any atom is 0.272 e. The highest BCUT2D eigenvalue weighted by atomic mass is 16.2. The third kappa shape index (κ3) is 3.21. The van der Waals surface area contributed by atoms with Crippen LogP contribution in [0.25, 0.3) is 11.3 Å². The van der Waals surface area contributed by atoms with Crippen molar-refractivity contribution in [2.45, 2.75) is 0 Å². The summed E-state index contributed by atoms with van der Waals surface area (Å²) in [5, 5.41) is 7.46. The van der Waals surface area contributed by atoms with Gasteiger partial charge in [0.1, 0.15) is 5.69 Å². The van der Waals surface area contributed by atoms with Gasteiger partial charge in [-0.2, -0.15) is 5.10 Å². The topological polar surface area (TPSA) is 78.0 Å². The second-order valence-corrected chi connectivity index (χ2v) is 5.88. The quantitative estimate of drug-likeness (QED) is 0.791. The number of carbonyl (C=O) groups excluding carboxylic acids is 1. The fraction of sp³-hybridized carbons (Fsp3) is 0.222. The highest BCUT2D eigenvalue weighted by Gasteiger charge is 2.24. The van der Waals surface area contributed by atoms with E-state index in [1.165, 1.54) is 0 Å². The van der Waals surface area contributed by atoms with Crippen LogP contribution in [0.2, 0.25) is 0 Å². The Morgan fingerprint density at radius 1 is 1.04 bits per heavy atom. The summed E-state index contributed by atoms with van der Waals surface area (Å²) < 4.78 is 0. The molecule has 0 aliphatic carbocycles. The van der Waals surface area contributed by atoms with Crippen molar-refractivity contribution < 1.29 is 4.79 Å². The molecule has 126 valence electrons. The van der Waals surface area contributed by atoms with E-state index in [0.29, 0.717) is 18.8 Å². The van der Waals surface area contributed by atoms with Crippen LogP contribution >= 0.6 is 0 Å². The zero-order valence-electron chi connectivity index (χ0n) is 13.7. The normalized spacial score (nSPS) is 14.6. The van der Waals surface area contributed by atoms with Gasteiger partial charge in [0, 0.05) is 56.4 Å². The number of nitrogens with one attached hydrogen (secondary N) is 1.